The van der Waals surface area contributed by atoms with E-state index >= 15 is 0 Å². The highest BCUT2D eigenvalue weighted by Gasteiger charge is 2.30. The topological polar surface area (TPSA) is 107 Å². The van der Waals surface area contributed by atoms with Gasteiger partial charge in [0.1, 0.15) is 28.5 Å². The van der Waals surface area contributed by atoms with Crippen molar-refractivity contribution in [2.24, 2.45) is 5.92 Å². The van der Waals surface area contributed by atoms with E-state index in [1.807, 2.05) is 6.92 Å². The van der Waals surface area contributed by atoms with Gasteiger partial charge >= 0.3 is 0 Å². The number of halogens is 1. The molecule has 3 heterocycles. The molecule has 2 amide bonds. The van der Waals surface area contributed by atoms with Crippen molar-refractivity contribution in [2.45, 2.75) is 26.2 Å². The van der Waals surface area contributed by atoms with Crippen LogP contribution in [0.3, 0.4) is 0 Å². The van der Waals surface area contributed by atoms with Crippen LogP contribution in [0, 0.1) is 11.7 Å². The number of fused-ring (bicyclic) bond motifs is 1. The summed E-state index contributed by atoms with van der Waals surface area (Å²) in [5.41, 5.74) is 1.82. The van der Waals surface area contributed by atoms with Crippen molar-refractivity contribution in [3.05, 3.63) is 113 Å². The van der Waals surface area contributed by atoms with Gasteiger partial charge in [0.2, 0.25) is 5.91 Å². The summed E-state index contributed by atoms with van der Waals surface area (Å²) in [7, 11) is 0. The number of carbonyl (C=O) groups excluding carboxylic acids is 2. The summed E-state index contributed by atoms with van der Waals surface area (Å²) in [6.45, 7) is 1.90. The third kappa shape index (κ3) is 5.58. The number of benzene rings is 2. The van der Waals surface area contributed by atoms with Crippen molar-refractivity contribution in [1.82, 2.24) is 14.0 Å². The number of carbonyl (C=O) groups is 2. The number of pyridine rings is 2. The van der Waals surface area contributed by atoms with E-state index in [4.69, 9.17) is 4.74 Å². The fourth-order valence-corrected chi connectivity index (χ4v) is 4.50. The average Bonchev–Trinajstić information content (AvgIpc) is 3.75. The van der Waals surface area contributed by atoms with Gasteiger partial charge in [0, 0.05) is 23.0 Å². The Hall–Kier alpha value is -5.25. The molecular weight excluding hydrogens is 525 g/mol. The second-order valence-corrected chi connectivity index (χ2v) is 9.81. The number of aromatic nitrogens is 3. The van der Waals surface area contributed by atoms with Crippen LogP contribution in [-0.2, 0) is 11.2 Å². The molecule has 10 heteroatoms. The molecule has 0 unspecified atom stereocenters. The Labute approximate surface area is 234 Å². The van der Waals surface area contributed by atoms with Gasteiger partial charge in [-0.3, -0.25) is 19.0 Å². The number of imidazole rings is 1. The van der Waals surface area contributed by atoms with E-state index < -0.39 is 17.3 Å². The molecule has 3 aromatic heterocycles. The van der Waals surface area contributed by atoms with Crippen molar-refractivity contribution in [1.29, 1.82) is 0 Å². The van der Waals surface area contributed by atoms with Crippen molar-refractivity contribution in [3.63, 3.8) is 0 Å². The minimum atomic E-state index is -0.558. The maximum atomic E-state index is 13.4. The van der Waals surface area contributed by atoms with Crippen LogP contribution < -0.4 is 20.9 Å². The van der Waals surface area contributed by atoms with Gasteiger partial charge < -0.3 is 19.8 Å². The molecule has 2 N–H and O–H groups in total. The van der Waals surface area contributed by atoms with Crippen molar-refractivity contribution >= 4 is 29.0 Å². The summed E-state index contributed by atoms with van der Waals surface area (Å²) in [6, 6.07) is 19.1. The fraction of sp³-hybridized carbons (Fsp3) is 0.161. The van der Waals surface area contributed by atoms with Crippen molar-refractivity contribution in [3.8, 4) is 17.2 Å². The molecule has 6 rings (SSSR count). The van der Waals surface area contributed by atoms with E-state index in [2.05, 4.69) is 15.6 Å². The first-order valence-electron chi connectivity index (χ1n) is 13.3. The molecule has 41 heavy (non-hydrogen) atoms. The fourth-order valence-electron chi connectivity index (χ4n) is 4.50. The van der Waals surface area contributed by atoms with Crippen molar-refractivity contribution in [2.75, 3.05) is 10.6 Å². The van der Waals surface area contributed by atoms with Gasteiger partial charge in [-0.05, 0) is 92.1 Å². The highest BCUT2D eigenvalue weighted by molar-refractivity contribution is 6.04. The van der Waals surface area contributed by atoms with Crippen molar-refractivity contribution < 1.29 is 18.7 Å². The summed E-state index contributed by atoms with van der Waals surface area (Å²) >= 11 is 0. The Balaban J connectivity index is 1.15. The molecule has 1 saturated carbocycles. The van der Waals surface area contributed by atoms with E-state index in [0.29, 0.717) is 46.5 Å². The zero-order valence-corrected chi connectivity index (χ0v) is 22.1. The minimum Gasteiger partial charge on any atom is -0.456 e. The molecule has 1 aliphatic carbocycles. The van der Waals surface area contributed by atoms with E-state index in [1.165, 1.54) is 34.9 Å². The van der Waals surface area contributed by atoms with Crippen LogP contribution in [0.5, 0.6) is 11.5 Å². The Morgan fingerprint density at radius 2 is 1.66 bits per heavy atom. The van der Waals surface area contributed by atoms with Crippen LogP contribution in [0.25, 0.3) is 11.3 Å². The highest BCUT2D eigenvalue weighted by Crippen LogP contribution is 2.30. The lowest BCUT2D eigenvalue weighted by Crippen LogP contribution is -2.30. The third-order valence-electron chi connectivity index (χ3n) is 6.83. The molecule has 9 nitrogen and oxygen atoms in total. The number of hydrogen-bond acceptors (Lipinski definition) is 5. The molecule has 0 bridgehead atoms. The van der Waals surface area contributed by atoms with Gasteiger partial charge in [-0.1, -0.05) is 6.92 Å². The summed E-state index contributed by atoms with van der Waals surface area (Å²) in [5.74, 6) is 0.707. The average molecular weight is 552 g/mol. The normalized spacial score (nSPS) is 12.7. The Morgan fingerprint density at radius 1 is 0.927 bits per heavy atom. The first-order valence-corrected chi connectivity index (χ1v) is 13.3. The van der Waals surface area contributed by atoms with Crippen LogP contribution in [0.1, 0.15) is 35.8 Å². The summed E-state index contributed by atoms with van der Waals surface area (Å²) in [6.07, 6.45) is 5.89. The first-order chi connectivity index (χ1) is 19.9. The predicted octanol–water partition coefficient (Wildman–Crippen LogP) is 5.58. The quantitative estimate of drug-likeness (QED) is 0.262. The number of anilines is 2. The van der Waals surface area contributed by atoms with Gasteiger partial charge in [-0.25, -0.2) is 9.37 Å². The second kappa shape index (κ2) is 10.7. The molecule has 5 aromatic rings. The first kappa shape index (κ1) is 26.0. The lowest BCUT2D eigenvalue weighted by atomic mass is 10.1. The number of nitrogens with zero attached hydrogens (tertiary/aromatic N) is 3. The molecule has 0 saturated heterocycles. The molecule has 0 aliphatic heterocycles. The molecule has 1 fully saturated rings. The van der Waals surface area contributed by atoms with Gasteiger partial charge in [0.25, 0.3) is 11.5 Å². The maximum Gasteiger partial charge on any atom is 0.268 e. The van der Waals surface area contributed by atoms with Gasteiger partial charge in [-0.15, -0.1) is 0 Å². The zero-order valence-electron chi connectivity index (χ0n) is 22.1. The molecular formula is C31H26FN5O4. The number of ether oxygens (including phenoxy) is 1. The number of rotatable bonds is 8. The molecule has 0 spiro atoms. The largest absolute Gasteiger partial charge is 0.456 e. The lowest BCUT2D eigenvalue weighted by molar-refractivity contribution is -0.117. The highest BCUT2D eigenvalue weighted by atomic mass is 19.1. The van der Waals surface area contributed by atoms with Crippen LogP contribution in [-0.4, -0.2) is 25.8 Å². The number of hydrogen-bond donors (Lipinski definition) is 2. The molecule has 0 radical (unpaired) electrons. The van der Waals surface area contributed by atoms with Crippen LogP contribution >= 0.6 is 0 Å². The third-order valence-corrected chi connectivity index (χ3v) is 6.83. The zero-order chi connectivity index (χ0) is 28.5. The molecule has 2 aromatic carbocycles. The summed E-state index contributed by atoms with van der Waals surface area (Å²) in [4.78, 5) is 42.7. The van der Waals surface area contributed by atoms with Gasteiger partial charge in [-0.2, -0.15) is 0 Å². The standard InChI is InChI=1S/C31H26FN5O4/c1-2-22-11-15-26(31(40)37(22)23-9-5-20(32)6-10-23)30(39)33-21-7-12-24(13-8-21)41-25-14-16-28-34-27(18-36(28)17-25)35-29(38)19-3-4-19/h5-19H,2-4H2,1H3,(H,33,39)(H,35,38). The SMILES string of the molecule is CCc1ccc(C(=O)Nc2ccc(Oc3ccc4nc(NC(=O)C5CC5)cn4c3)cc2)c(=O)n1-c1ccc(F)cc1. The number of amides is 2. The maximum absolute atomic E-state index is 13.4. The summed E-state index contributed by atoms with van der Waals surface area (Å²) in [5, 5.41) is 5.59. The number of nitrogens with one attached hydrogen (secondary N) is 2. The minimum absolute atomic E-state index is 0.00594. The smallest absolute Gasteiger partial charge is 0.268 e. The Bertz CT molecular complexity index is 1820. The van der Waals surface area contributed by atoms with E-state index in [9.17, 15) is 18.8 Å². The van der Waals surface area contributed by atoms with E-state index in [-0.39, 0.29) is 17.4 Å². The predicted molar refractivity (Wildman–Crippen MR) is 152 cm³/mol. The Morgan fingerprint density at radius 3 is 2.37 bits per heavy atom. The summed E-state index contributed by atoms with van der Waals surface area (Å²) < 4.78 is 22.6. The van der Waals surface area contributed by atoms with E-state index in [0.717, 1.165) is 12.8 Å². The van der Waals surface area contributed by atoms with Crippen LogP contribution in [0.15, 0.2) is 90.0 Å². The van der Waals surface area contributed by atoms with Crippen LogP contribution in [0.4, 0.5) is 15.9 Å². The molecule has 206 valence electrons. The Kier molecular flexibility index (Phi) is 6.80. The van der Waals surface area contributed by atoms with E-state index in [1.54, 1.807) is 59.3 Å². The molecule has 1 aliphatic rings. The van der Waals surface area contributed by atoms with Gasteiger partial charge in [0.05, 0.1) is 12.4 Å². The second-order valence-electron chi connectivity index (χ2n) is 9.81. The van der Waals surface area contributed by atoms with Crippen LogP contribution in [0.2, 0.25) is 0 Å². The van der Waals surface area contributed by atoms with Gasteiger partial charge in [0.15, 0.2) is 5.82 Å². The lowest BCUT2D eigenvalue weighted by Gasteiger charge is -2.14. The number of aryl methyl sites for hydroxylation is 1. The molecule has 0 atom stereocenters. The monoisotopic (exact) mass is 551 g/mol.